The van der Waals surface area contributed by atoms with Crippen molar-refractivity contribution >= 4 is 0 Å². The van der Waals surface area contributed by atoms with Crippen LogP contribution in [0.25, 0.3) is 0 Å². The molecule has 0 unspecified atom stereocenters. The fraction of sp³-hybridized carbons (Fsp3) is 0.875. The first-order chi connectivity index (χ1) is 4.20. The van der Waals surface area contributed by atoms with Gasteiger partial charge in [0.1, 0.15) is 0 Å². The molecule has 0 aliphatic heterocycles. The Morgan fingerprint density at radius 3 is 2.56 bits per heavy atom. The molecule has 0 bridgehead atoms. The third-order valence-electron chi connectivity index (χ3n) is 2.33. The maximum atomic E-state index is 8.61. The van der Waals surface area contributed by atoms with Crippen molar-refractivity contribution in [3.05, 3.63) is 0 Å². The van der Waals surface area contributed by atoms with E-state index >= 15 is 0 Å². The summed E-state index contributed by atoms with van der Waals surface area (Å²) in [6.45, 7) is 4.25. The molecule has 0 amide bonds. The molecule has 0 aromatic carbocycles. The molecule has 1 aliphatic carbocycles. The monoisotopic (exact) mass is 123 g/mol. The Bertz CT molecular complexity index is 137. The number of nitrogens with zero attached hydrogens (tertiary/aromatic N) is 1. The van der Waals surface area contributed by atoms with Crippen molar-refractivity contribution in [2.24, 2.45) is 11.3 Å². The second-order valence-electron chi connectivity index (χ2n) is 3.35. The quantitative estimate of drug-likeness (QED) is 0.525. The minimum absolute atomic E-state index is 0.0423. The minimum atomic E-state index is 0.0423. The van der Waals surface area contributed by atoms with Crippen LogP contribution < -0.4 is 0 Å². The van der Waals surface area contributed by atoms with Crippen molar-refractivity contribution in [2.45, 2.75) is 33.1 Å². The van der Waals surface area contributed by atoms with Gasteiger partial charge in [-0.15, -0.1) is 0 Å². The van der Waals surface area contributed by atoms with E-state index in [1.807, 2.05) is 0 Å². The molecule has 1 heteroatoms. The molecule has 9 heavy (non-hydrogen) atoms. The average molecular weight is 123 g/mol. The molecule has 0 radical (unpaired) electrons. The molecule has 1 aliphatic rings. The predicted molar refractivity (Wildman–Crippen MR) is 36.7 cm³/mol. The number of hydrogen-bond acceptors (Lipinski definition) is 1. The van der Waals surface area contributed by atoms with Gasteiger partial charge in [-0.2, -0.15) is 5.26 Å². The highest BCUT2D eigenvalue weighted by molar-refractivity contribution is 5.04. The predicted octanol–water partition coefficient (Wildman–Crippen LogP) is 2.34. The molecule has 0 N–H and O–H groups in total. The molecule has 0 heterocycles. The van der Waals surface area contributed by atoms with Gasteiger partial charge in [0.2, 0.25) is 0 Å². The average Bonchev–Trinajstić information content (AvgIpc) is 1.81. The second kappa shape index (κ2) is 2.02. The summed E-state index contributed by atoms with van der Waals surface area (Å²) >= 11 is 0. The summed E-state index contributed by atoms with van der Waals surface area (Å²) in [5, 5.41) is 8.61. The molecule has 50 valence electrons. The first-order valence-corrected chi connectivity index (χ1v) is 3.61. The lowest BCUT2D eigenvalue weighted by Crippen LogP contribution is -2.32. The van der Waals surface area contributed by atoms with E-state index in [9.17, 15) is 0 Å². The van der Waals surface area contributed by atoms with Crippen LogP contribution in [0, 0.1) is 22.7 Å². The lowest BCUT2D eigenvalue weighted by atomic mass is 9.63. The van der Waals surface area contributed by atoms with Gasteiger partial charge in [0.25, 0.3) is 0 Å². The first kappa shape index (κ1) is 6.61. The Kier molecular flexibility index (Phi) is 1.48. The standard InChI is InChI=1S/C8H13N/c1-3-7-4-8(2,5-7)6-9/h7H,3-5H2,1-2H3. The van der Waals surface area contributed by atoms with Crippen LogP contribution in [0.2, 0.25) is 0 Å². The van der Waals surface area contributed by atoms with E-state index in [1.54, 1.807) is 0 Å². The lowest BCUT2D eigenvalue weighted by molar-refractivity contribution is 0.134. The van der Waals surface area contributed by atoms with Gasteiger partial charge in [0, 0.05) is 0 Å². The largest absolute Gasteiger partial charge is 0.198 e. The minimum Gasteiger partial charge on any atom is -0.198 e. The summed E-state index contributed by atoms with van der Waals surface area (Å²) in [4.78, 5) is 0. The van der Waals surface area contributed by atoms with Gasteiger partial charge in [0.15, 0.2) is 0 Å². The third-order valence-corrected chi connectivity index (χ3v) is 2.33. The zero-order valence-corrected chi connectivity index (χ0v) is 6.15. The third kappa shape index (κ3) is 1.08. The zero-order valence-electron chi connectivity index (χ0n) is 6.15. The van der Waals surface area contributed by atoms with Crippen LogP contribution in [0.5, 0.6) is 0 Å². The smallest absolute Gasteiger partial charge is 0.0687 e. The Hall–Kier alpha value is -0.510. The van der Waals surface area contributed by atoms with E-state index in [1.165, 1.54) is 6.42 Å². The maximum absolute atomic E-state index is 8.61. The van der Waals surface area contributed by atoms with Crippen molar-refractivity contribution in [3.63, 3.8) is 0 Å². The van der Waals surface area contributed by atoms with Gasteiger partial charge in [-0.25, -0.2) is 0 Å². The highest BCUT2D eigenvalue weighted by atomic mass is 14.4. The molecule has 0 aromatic heterocycles. The van der Waals surface area contributed by atoms with Gasteiger partial charge in [0.05, 0.1) is 11.5 Å². The Labute approximate surface area is 56.7 Å². The van der Waals surface area contributed by atoms with E-state index in [4.69, 9.17) is 5.26 Å². The van der Waals surface area contributed by atoms with E-state index in [-0.39, 0.29) is 5.41 Å². The summed E-state index contributed by atoms with van der Waals surface area (Å²) < 4.78 is 0. The van der Waals surface area contributed by atoms with Crippen LogP contribution in [-0.2, 0) is 0 Å². The number of rotatable bonds is 1. The number of nitriles is 1. The summed E-state index contributed by atoms with van der Waals surface area (Å²) in [5.41, 5.74) is 0.0423. The van der Waals surface area contributed by atoms with Crippen LogP contribution in [0.1, 0.15) is 33.1 Å². The van der Waals surface area contributed by atoms with E-state index in [2.05, 4.69) is 19.9 Å². The molecular weight excluding hydrogens is 110 g/mol. The molecule has 0 spiro atoms. The first-order valence-electron chi connectivity index (χ1n) is 3.61. The second-order valence-corrected chi connectivity index (χ2v) is 3.35. The molecule has 0 atom stereocenters. The van der Waals surface area contributed by atoms with Crippen molar-refractivity contribution < 1.29 is 0 Å². The van der Waals surface area contributed by atoms with Crippen LogP contribution in [-0.4, -0.2) is 0 Å². The number of hydrogen-bond donors (Lipinski definition) is 0. The van der Waals surface area contributed by atoms with Crippen LogP contribution in [0.15, 0.2) is 0 Å². The van der Waals surface area contributed by atoms with Gasteiger partial charge < -0.3 is 0 Å². The Morgan fingerprint density at radius 2 is 2.22 bits per heavy atom. The fourth-order valence-electron chi connectivity index (χ4n) is 1.59. The summed E-state index contributed by atoms with van der Waals surface area (Å²) in [5.74, 6) is 0.842. The highest BCUT2D eigenvalue weighted by Gasteiger charge is 2.38. The SMILES string of the molecule is CCC1CC(C)(C#N)C1. The van der Waals surface area contributed by atoms with Crippen LogP contribution >= 0.6 is 0 Å². The topological polar surface area (TPSA) is 23.8 Å². The summed E-state index contributed by atoms with van der Waals surface area (Å²) in [6, 6.07) is 2.34. The Balaban J connectivity index is 2.35. The molecule has 0 saturated heterocycles. The van der Waals surface area contributed by atoms with E-state index < -0.39 is 0 Å². The summed E-state index contributed by atoms with van der Waals surface area (Å²) in [6.07, 6.45) is 3.50. The van der Waals surface area contributed by atoms with E-state index in [0.717, 1.165) is 18.8 Å². The highest BCUT2D eigenvalue weighted by Crippen LogP contribution is 2.45. The van der Waals surface area contributed by atoms with Gasteiger partial charge >= 0.3 is 0 Å². The van der Waals surface area contributed by atoms with Gasteiger partial charge in [-0.05, 0) is 25.7 Å². The van der Waals surface area contributed by atoms with E-state index in [0.29, 0.717) is 0 Å². The lowest BCUT2D eigenvalue weighted by Gasteiger charge is -2.39. The van der Waals surface area contributed by atoms with Crippen molar-refractivity contribution in [1.82, 2.24) is 0 Å². The molecule has 1 nitrogen and oxygen atoms in total. The van der Waals surface area contributed by atoms with Gasteiger partial charge in [-0.1, -0.05) is 13.3 Å². The fourth-order valence-corrected chi connectivity index (χ4v) is 1.59. The molecule has 1 fully saturated rings. The van der Waals surface area contributed by atoms with Crippen LogP contribution in [0.4, 0.5) is 0 Å². The van der Waals surface area contributed by atoms with Crippen LogP contribution in [0.3, 0.4) is 0 Å². The van der Waals surface area contributed by atoms with Crippen molar-refractivity contribution in [3.8, 4) is 6.07 Å². The summed E-state index contributed by atoms with van der Waals surface area (Å²) in [7, 11) is 0. The van der Waals surface area contributed by atoms with Crippen molar-refractivity contribution in [1.29, 1.82) is 5.26 Å². The Morgan fingerprint density at radius 1 is 1.67 bits per heavy atom. The van der Waals surface area contributed by atoms with Gasteiger partial charge in [-0.3, -0.25) is 0 Å². The molecule has 1 saturated carbocycles. The zero-order chi connectivity index (χ0) is 6.91. The van der Waals surface area contributed by atoms with Crippen molar-refractivity contribution in [2.75, 3.05) is 0 Å². The molecular formula is C8H13N. The molecule has 0 aromatic rings. The normalized spacial score (nSPS) is 41.2. The molecule has 1 rings (SSSR count). The maximum Gasteiger partial charge on any atom is 0.0687 e.